The summed E-state index contributed by atoms with van der Waals surface area (Å²) in [5.74, 6) is 1.11. The van der Waals surface area contributed by atoms with Crippen LogP contribution in [-0.2, 0) is 24.1 Å². The third kappa shape index (κ3) is 1.99. The maximum Gasteiger partial charge on any atom is 0.283 e. The maximum atomic E-state index is 12.8. The van der Waals surface area contributed by atoms with Crippen molar-refractivity contribution in [3.05, 3.63) is 17.7 Å². The molecule has 0 aliphatic carbocycles. The van der Waals surface area contributed by atoms with Gasteiger partial charge in [0, 0.05) is 20.3 Å². The second-order valence-electron chi connectivity index (χ2n) is 5.03. The zero-order valence-electron chi connectivity index (χ0n) is 12.4. The molecule has 0 bridgehead atoms. The van der Waals surface area contributed by atoms with Crippen molar-refractivity contribution in [2.75, 3.05) is 17.5 Å². The highest BCUT2D eigenvalue weighted by molar-refractivity contribution is 7.92. The summed E-state index contributed by atoms with van der Waals surface area (Å²) in [6.07, 6.45) is 1.52. The number of hydrogen-bond donors (Lipinski definition) is 0. The van der Waals surface area contributed by atoms with E-state index in [4.69, 9.17) is 4.74 Å². The smallest absolute Gasteiger partial charge is 0.283 e. The SMILES string of the molecule is Cc1nn(C)c2c1N(S(=O)(=O)c1cn(C)c(C)n1)CCO2. The maximum absolute atomic E-state index is 12.8. The second kappa shape index (κ2) is 4.48. The molecule has 0 atom stereocenters. The van der Waals surface area contributed by atoms with E-state index in [1.165, 1.54) is 10.5 Å². The van der Waals surface area contributed by atoms with Crippen molar-refractivity contribution in [2.24, 2.45) is 14.1 Å². The van der Waals surface area contributed by atoms with E-state index in [9.17, 15) is 8.42 Å². The van der Waals surface area contributed by atoms with Gasteiger partial charge in [0.25, 0.3) is 10.0 Å². The molecule has 8 nitrogen and oxygen atoms in total. The largest absolute Gasteiger partial charge is 0.474 e. The van der Waals surface area contributed by atoms with E-state index in [1.807, 2.05) is 0 Å². The Morgan fingerprint density at radius 2 is 2.00 bits per heavy atom. The van der Waals surface area contributed by atoms with Crippen LogP contribution >= 0.6 is 0 Å². The summed E-state index contributed by atoms with van der Waals surface area (Å²) in [7, 11) is -0.224. The second-order valence-corrected chi connectivity index (χ2v) is 6.83. The molecule has 0 amide bonds. The molecule has 0 saturated carbocycles. The van der Waals surface area contributed by atoms with Crippen molar-refractivity contribution in [3.63, 3.8) is 0 Å². The van der Waals surface area contributed by atoms with E-state index < -0.39 is 10.0 Å². The van der Waals surface area contributed by atoms with Crippen LogP contribution in [0.15, 0.2) is 11.2 Å². The number of hydrogen-bond acceptors (Lipinski definition) is 5. The third-order valence-corrected chi connectivity index (χ3v) is 5.23. The average Bonchev–Trinajstić information content (AvgIpc) is 2.92. The van der Waals surface area contributed by atoms with Crippen molar-refractivity contribution in [3.8, 4) is 5.88 Å². The average molecular weight is 311 g/mol. The Morgan fingerprint density at radius 3 is 2.62 bits per heavy atom. The minimum absolute atomic E-state index is 0.0404. The monoisotopic (exact) mass is 311 g/mol. The van der Waals surface area contributed by atoms with Crippen LogP contribution in [0.25, 0.3) is 0 Å². The molecule has 0 radical (unpaired) electrons. The molecule has 2 aromatic heterocycles. The van der Waals surface area contributed by atoms with E-state index in [0.29, 0.717) is 23.1 Å². The van der Waals surface area contributed by atoms with E-state index in [0.717, 1.165) is 0 Å². The van der Waals surface area contributed by atoms with Crippen LogP contribution in [0.2, 0.25) is 0 Å². The van der Waals surface area contributed by atoms with Crippen LogP contribution in [0.1, 0.15) is 11.5 Å². The molecule has 0 N–H and O–H groups in total. The Bertz CT molecular complexity index is 786. The number of nitrogens with zero attached hydrogens (tertiary/aromatic N) is 5. The van der Waals surface area contributed by atoms with E-state index >= 15 is 0 Å². The number of fused-ring (bicyclic) bond motifs is 1. The molecule has 0 fully saturated rings. The lowest BCUT2D eigenvalue weighted by Gasteiger charge is -2.27. The van der Waals surface area contributed by atoms with Crippen LogP contribution < -0.4 is 9.04 Å². The van der Waals surface area contributed by atoms with E-state index in [-0.39, 0.29) is 18.2 Å². The summed E-state index contributed by atoms with van der Waals surface area (Å²) in [5.41, 5.74) is 1.11. The molecule has 21 heavy (non-hydrogen) atoms. The lowest BCUT2D eigenvalue weighted by atomic mass is 10.3. The van der Waals surface area contributed by atoms with Crippen LogP contribution in [-0.4, -0.2) is 40.9 Å². The zero-order valence-corrected chi connectivity index (χ0v) is 13.2. The normalized spacial score (nSPS) is 15.0. The zero-order chi connectivity index (χ0) is 15.4. The molecule has 9 heteroatoms. The number of sulfonamides is 1. The summed E-state index contributed by atoms with van der Waals surface area (Å²) >= 11 is 0. The van der Waals surface area contributed by atoms with Gasteiger partial charge < -0.3 is 9.30 Å². The Morgan fingerprint density at radius 1 is 1.29 bits per heavy atom. The first kappa shape index (κ1) is 13.9. The van der Waals surface area contributed by atoms with Gasteiger partial charge in [0.2, 0.25) is 5.88 Å². The van der Waals surface area contributed by atoms with E-state index in [2.05, 4.69) is 10.1 Å². The summed E-state index contributed by atoms with van der Waals surface area (Å²) in [4.78, 5) is 4.13. The summed E-state index contributed by atoms with van der Waals surface area (Å²) in [6.45, 7) is 4.06. The van der Waals surface area contributed by atoms with Crippen LogP contribution in [0.4, 0.5) is 5.69 Å². The van der Waals surface area contributed by atoms with Gasteiger partial charge in [-0.2, -0.15) is 13.5 Å². The molecular formula is C12H17N5O3S. The van der Waals surface area contributed by atoms with E-state index in [1.54, 1.807) is 37.2 Å². The molecule has 3 heterocycles. The van der Waals surface area contributed by atoms with Crippen LogP contribution in [0.5, 0.6) is 5.88 Å². The molecule has 0 unspecified atom stereocenters. The topological polar surface area (TPSA) is 82.3 Å². The highest BCUT2D eigenvalue weighted by atomic mass is 32.2. The fraction of sp³-hybridized carbons (Fsp3) is 0.500. The molecule has 1 aliphatic heterocycles. The van der Waals surface area contributed by atoms with Gasteiger partial charge in [0.1, 0.15) is 18.1 Å². The Labute approximate surface area is 123 Å². The van der Waals surface area contributed by atoms with Crippen LogP contribution in [0.3, 0.4) is 0 Å². The molecular weight excluding hydrogens is 294 g/mol. The fourth-order valence-electron chi connectivity index (χ4n) is 2.42. The first-order chi connectivity index (χ1) is 9.82. The first-order valence-electron chi connectivity index (χ1n) is 6.51. The minimum atomic E-state index is -3.72. The summed E-state index contributed by atoms with van der Waals surface area (Å²) in [6, 6.07) is 0. The fourth-order valence-corrected chi connectivity index (χ4v) is 3.95. The number of rotatable bonds is 2. The minimum Gasteiger partial charge on any atom is -0.474 e. The number of ether oxygens (including phenoxy) is 1. The number of aromatic nitrogens is 4. The first-order valence-corrected chi connectivity index (χ1v) is 7.95. The summed E-state index contributed by atoms with van der Waals surface area (Å²) in [5, 5.41) is 4.27. The van der Waals surface area contributed by atoms with Crippen LogP contribution in [0, 0.1) is 13.8 Å². The van der Waals surface area contributed by atoms with Crippen molar-refractivity contribution in [2.45, 2.75) is 18.9 Å². The molecule has 0 saturated heterocycles. The Balaban J connectivity index is 2.14. The van der Waals surface area contributed by atoms with Gasteiger partial charge >= 0.3 is 0 Å². The van der Waals surface area contributed by atoms with Gasteiger partial charge in [-0.25, -0.2) is 9.67 Å². The molecule has 0 spiro atoms. The highest BCUT2D eigenvalue weighted by Crippen LogP contribution is 2.37. The number of anilines is 1. The quantitative estimate of drug-likeness (QED) is 0.799. The number of aryl methyl sites for hydroxylation is 4. The Kier molecular flexibility index (Phi) is 2.97. The third-order valence-electron chi connectivity index (χ3n) is 3.56. The van der Waals surface area contributed by atoms with Gasteiger partial charge in [-0.05, 0) is 13.8 Å². The lowest BCUT2D eigenvalue weighted by Crippen LogP contribution is -2.38. The predicted molar refractivity (Wildman–Crippen MR) is 75.9 cm³/mol. The molecule has 0 aromatic carbocycles. The standard InChI is InChI=1S/C12H17N5O3S/c1-8-11-12(16(4)14-8)20-6-5-17(11)21(18,19)10-7-15(3)9(2)13-10/h7H,5-6H2,1-4H3. The van der Waals surface area contributed by atoms with Gasteiger partial charge in [-0.15, -0.1) is 0 Å². The van der Waals surface area contributed by atoms with Crippen molar-refractivity contribution >= 4 is 15.7 Å². The van der Waals surface area contributed by atoms with Crippen molar-refractivity contribution in [1.82, 2.24) is 19.3 Å². The summed E-state index contributed by atoms with van der Waals surface area (Å²) < 4.78 is 35.8. The molecule has 2 aromatic rings. The Hall–Kier alpha value is -2.03. The highest BCUT2D eigenvalue weighted by Gasteiger charge is 2.35. The lowest BCUT2D eigenvalue weighted by molar-refractivity contribution is 0.288. The molecule has 114 valence electrons. The predicted octanol–water partition coefficient (Wildman–Crippen LogP) is 0.358. The van der Waals surface area contributed by atoms with Crippen molar-refractivity contribution < 1.29 is 13.2 Å². The molecule has 1 aliphatic rings. The van der Waals surface area contributed by atoms with Gasteiger partial charge in [0.05, 0.1) is 12.2 Å². The van der Waals surface area contributed by atoms with Crippen molar-refractivity contribution in [1.29, 1.82) is 0 Å². The van der Waals surface area contributed by atoms with Gasteiger partial charge in [-0.3, -0.25) is 4.31 Å². The van der Waals surface area contributed by atoms with Gasteiger partial charge in [-0.1, -0.05) is 0 Å². The molecule has 3 rings (SSSR count). The van der Waals surface area contributed by atoms with Gasteiger partial charge in [0.15, 0.2) is 5.03 Å². The number of imidazole rings is 1.